The van der Waals surface area contributed by atoms with Crippen LogP contribution in [0.4, 0.5) is 5.69 Å². The lowest BCUT2D eigenvalue weighted by Gasteiger charge is -2.25. The van der Waals surface area contributed by atoms with Crippen molar-refractivity contribution in [3.05, 3.63) is 76.8 Å². The summed E-state index contributed by atoms with van der Waals surface area (Å²) in [5.74, 6) is -2.10. The summed E-state index contributed by atoms with van der Waals surface area (Å²) in [7, 11) is 0. The van der Waals surface area contributed by atoms with Crippen LogP contribution in [0, 0.1) is 11.8 Å². The highest BCUT2D eigenvalue weighted by atomic mass is 35.5. The summed E-state index contributed by atoms with van der Waals surface area (Å²) in [5.41, 5.74) is 0.173. The molecule has 5 rings (SSSR count). The lowest BCUT2D eigenvalue weighted by Crippen LogP contribution is -2.39. The molecule has 4 atom stereocenters. The van der Waals surface area contributed by atoms with Gasteiger partial charge in [-0.3, -0.25) is 14.4 Å². The van der Waals surface area contributed by atoms with Gasteiger partial charge in [-0.15, -0.1) is 0 Å². The van der Waals surface area contributed by atoms with Crippen molar-refractivity contribution in [3.63, 3.8) is 0 Å². The number of anilines is 1. The van der Waals surface area contributed by atoms with Crippen molar-refractivity contribution in [1.82, 2.24) is 0 Å². The van der Waals surface area contributed by atoms with Crippen LogP contribution < -0.4 is 4.90 Å². The molecule has 0 unspecified atom stereocenters. The van der Waals surface area contributed by atoms with Crippen molar-refractivity contribution < 1.29 is 19.1 Å². The van der Waals surface area contributed by atoms with E-state index < -0.39 is 23.5 Å². The van der Waals surface area contributed by atoms with Crippen molar-refractivity contribution in [2.24, 2.45) is 11.8 Å². The molecule has 3 aliphatic rings. The minimum atomic E-state index is -0.785. The molecule has 2 fully saturated rings. The number of hydrogen-bond acceptors (Lipinski definition) is 4. The number of carbonyl (C=O) groups excluding carboxylic acids is 3. The van der Waals surface area contributed by atoms with Crippen molar-refractivity contribution in [3.8, 4) is 0 Å². The molecule has 0 saturated carbocycles. The third-order valence-electron chi connectivity index (χ3n) is 5.81. The van der Waals surface area contributed by atoms with Gasteiger partial charge >= 0.3 is 0 Å². The Kier molecular flexibility index (Phi) is 3.63. The third-order valence-corrected chi connectivity index (χ3v) is 6.04. The number of hydrogen-bond donors (Lipinski definition) is 0. The van der Waals surface area contributed by atoms with Gasteiger partial charge in [-0.25, -0.2) is 4.90 Å². The number of ether oxygens (including phenoxy) is 1. The van der Waals surface area contributed by atoms with Crippen LogP contribution in [-0.4, -0.2) is 29.3 Å². The molecule has 3 aliphatic heterocycles. The zero-order valence-electron chi connectivity index (χ0n) is 15.0. The second-order valence-corrected chi connectivity index (χ2v) is 7.93. The minimum Gasteiger partial charge on any atom is -0.362 e. The van der Waals surface area contributed by atoms with Crippen LogP contribution in [0.5, 0.6) is 0 Å². The van der Waals surface area contributed by atoms with E-state index in [-0.39, 0.29) is 28.8 Å². The minimum absolute atomic E-state index is 0.228. The molecular weight excluding hydrogens is 378 g/mol. The fourth-order valence-corrected chi connectivity index (χ4v) is 4.69. The first-order chi connectivity index (χ1) is 13.4. The normalized spacial score (nSPS) is 30.2. The van der Waals surface area contributed by atoms with Gasteiger partial charge in [0.2, 0.25) is 11.8 Å². The molecule has 0 N–H and O–H groups in total. The van der Waals surface area contributed by atoms with Crippen molar-refractivity contribution in [2.75, 3.05) is 4.90 Å². The number of fused-ring (bicyclic) bond motifs is 5. The first-order valence-corrected chi connectivity index (χ1v) is 9.43. The maximum Gasteiger partial charge on any atom is 0.241 e. The van der Waals surface area contributed by atoms with E-state index in [1.54, 1.807) is 36.4 Å². The fourth-order valence-electron chi connectivity index (χ4n) is 4.52. The quantitative estimate of drug-likeness (QED) is 0.455. The Morgan fingerprint density at radius 3 is 2.57 bits per heavy atom. The summed E-state index contributed by atoms with van der Waals surface area (Å²) in [6.45, 7) is 1.82. The summed E-state index contributed by atoms with van der Waals surface area (Å²) < 4.78 is 5.85. The number of rotatable bonds is 3. The van der Waals surface area contributed by atoms with E-state index in [1.807, 2.05) is 25.1 Å². The molecule has 5 nitrogen and oxygen atoms in total. The van der Waals surface area contributed by atoms with Crippen molar-refractivity contribution >= 4 is 34.9 Å². The zero-order valence-corrected chi connectivity index (χ0v) is 15.7. The lowest BCUT2D eigenvalue weighted by molar-refractivity contribution is -0.126. The Morgan fingerprint density at radius 2 is 1.86 bits per heavy atom. The van der Waals surface area contributed by atoms with E-state index >= 15 is 0 Å². The van der Waals surface area contributed by atoms with E-state index in [4.69, 9.17) is 16.3 Å². The van der Waals surface area contributed by atoms with Crippen molar-refractivity contribution in [2.45, 2.75) is 18.6 Å². The first-order valence-electron chi connectivity index (χ1n) is 9.05. The van der Waals surface area contributed by atoms with Gasteiger partial charge in [0, 0.05) is 16.1 Å². The number of benzene rings is 2. The van der Waals surface area contributed by atoms with Crippen LogP contribution in [0.3, 0.4) is 0 Å². The van der Waals surface area contributed by atoms with Crippen LogP contribution in [0.1, 0.15) is 22.8 Å². The molecule has 2 saturated heterocycles. The number of halogens is 1. The summed E-state index contributed by atoms with van der Waals surface area (Å²) in [4.78, 5) is 40.6. The molecule has 0 spiro atoms. The van der Waals surface area contributed by atoms with Crippen LogP contribution in [-0.2, 0) is 14.3 Å². The standard InChI is InChI=1S/C22H16ClNO4/c1-22-10-9-16(28-22)17-18(22)21(27)24(20(17)26)15-8-7-13(23)11-14(15)19(25)12-5-3-2-4-6-12/h2-11,16-18H,1H3/t16-,17+,18+,22+/m1/s1. The van der Waals surface area contributed by atoms with Crippen LogP contribution >= 0.6 is 11.6 Å². The summed E-state index contributed by atoms with van der Waals surface area (Å²) >= 11 is 6.13. The molecule has 2 bridgehead atoms. The van der Waals surface area contributed by atoms with E-state index in [0.29, 0.717) is 10.6 Å². The summed E-state index contributed by atoms with van der Waals surface area (Å²) in [5, 5.41) is 0.361. The van der Waals surface area contributed by atoms with Gasteiger partial charge in [0.15, 0.2) is 5.78 Å². The molecule has 2 aromatic carbocycles. The molecular formula is C22H16ClNO4. The van der Waals surface area contributed by atoms with Crippen LogP contribution in [0.2, 0.25) is 5.02 Å². The zero-order chi connectivity index (χ0) is 19.6. The smallest absolute Gasteiger partial charge is 0.241 e. The molecule has 0 aromatic heterocycles. The highest BCUT2D eigenvalue weighted by Crippen LogP contribution is 2.52. The molecule has 28 heavy (non-hydrogen) atoms. The predicted octanol–water partition coefficient (Wildman–Crippen LogP) is 3.40. The summed E-state index contributed by atoms with van der Waals surface area (Å²) in [6.07, 6.45) is 3.29. The molecule has 6 heteroatoms. The molecule has 2 aromatic rings. The Hall–Kier alpha value is -2.76. The second kappa shape index (κ2) is 5.87. The maximum atomic E-state index is 13.2. The molecule has 0 radical (unpaired) electrons. The predicted molar refractivity (Wildman–Crippen MR) is 103 cm³/mol. The van der Waals surface area contributed by atoms with Crippen LogP contribution in [0.25, 0.3) is 0 Å². The highest BCUT2D eigenvalue weighted by molar-refractivity contribution is 6.32. The maximum absolute atomic E-state index is 13.2. The summed E-state index contributed by atoms with van der Waals surface area (Å²) in [6, 6.07) is 13.4. The van der Waals surface area contributed by atoms with Gasteiger partial charge in [-0.05, 0) is 25.1 Å². The Labute approximate surface area is 166 Å². The first kappa shape index (κ1) is 17.3. The van der Waals surface area contributed by atoms with Gasteiger partial charge in [-0.2, -0.15) is 0 Å². The van der Waals surface area contributed by atoms with Gasteiger partial charge in [-0.1, -0.05) is 54.1 Å². The van der Waals surface area contributed by atoms with E-state index in [2.05, 4.69) is 0 Å². The molecule has 0 aliphatic carbocycles. The second-order valence-electron chi connectivity index (χ2n) is 7.50. The van der Waals surface area contributed by atoms with Gasteiger partial charge in [0.05, 0.1) is 29.2 Å². The number of nitrogens with zero attached hydrogens (tertiary/aromatic N) is 1. The monoisotopic (exact) mass is 393 g/mol. The third kappa shape index (κ3) is 2.26. The topological polar surface area (TPSA) is 63.7 Å². The van der Waals surface area contributed by atoms with Crippen LogP contribution in [0.15, 0.2) is 60.7 Å². The Balaban J connectivity index is 1.61. The Bertz CT molecular complexity index is 1060. The SMILES string of the molecule is C[C@@]12C=C[C@@H](O1)[C@@H]1C(=O)N(c3ccc(Cl)cc3C(=O)c3ccccc3)C(=O)[C@H]12. The number of amides is 2. The van der Waals surface area contributed by atoms with E-state index in [9.17, 15) is 14.4 Å². The average Bonchev–Trinajstić information content (AvgIpc) is 3.31. The van der Waals surface area contributed by atoms with E-state index in [0.717, 1.165) is 4.90 Å². The fraction of sp³-hybridized carbons (Fsp3) is 0.227. The lowest BCUT2D eigenvalue weighted by atomic mass is 9.78. The average molecular weight is 394 g/mol. The molecule has 3 heterocycles. The largest absolute Gasteiger partial charge is 0.362 e. The number of ketones is 1. The number of imide groups is 1. The van der Waals surface area contributed by atoms with Gasteiger partial charge < -0.3 is 4.74 Å². The van der Waals surface area contributed by atoms with Gasteiger partial charge in [0.25, 0.3) is 0 Å². The Morgan fingerprint density at radius 1 is 1.11 bits per heavy atom. The number of carbonyl (C=O) groups is 3. The molecule has 2 amide bonds. The van der Waals surface area contributed by atoms with E-state index in [1.165, 1.54) is 6.07 Å². The van der Waals surface area contributed by atoms with Crippen molar-refractivity contribution in [1.29, 1.82) is 0 Å². The molecule has 140 valence electrons. The van der Waals surface area contributed by atoms with Gasteiger partial charge in [0.1, 0.15) is 0 Å². The highest BCUT2D eigenvalue weighted by Gasteiger charge is 2.66.